The molecule has 1 amide bonds. The summed E-state index contributed by atoms with van der Waals surface area (Å²) in [5, 5.41) is 5.33. The number of aromatic nitrogens is 2. The molecule has 1 heterocycles. The minimum absolute atomic E-state index is 0.0535. The summed E-state index contributed by atoms with van der Waals surface area (Å²) in [6.07, 6.45) is 0. The standard InChI is InChI=1S/C21H22ClN3O2/c1-4-24(5-2)21(26)20-14-19(15-6-12-18(27-3)13-7-15)23-25(20)17-10-8-16(22)9-11-17/h6-14H,4-5H2,1-3H3. The third kappa shape index (κ3) is 3.98. The van der Waals surface area contributed by atoms with Gasteiger partial charge in [-0.3, -0.25) is 4.79 Å². The summed E-state index contributed by atoms with van der Waals surface area (Å²) in [6, 6.07) is 16.7. The maximum absolute atomic E-state index is 13.0. The van der Waals surface area contributed by atoms with Crippen LogP contribution in [0.2, 0.25) is 5.02 Å². The van der Waals surface area contributed by atoms with Crippen molar-refractivity contribution in [3.8, 4) is 22.7 Å². The molecule has 27 heavy (non-hydrogen) atoms. The summed E-state index contributed by atoms with van der Waals surface area (Å²) in [7, 11) is 1.63. The predicted molar refractivity (Wildman–Crippen MR) is 108 cm³/mol. The van der Waals surface area contributed by atoms with Crippen LogP contribution in [0.15, 0.2) is 54.6 Å². The Morgan fingerprint density at radius 2 is 1.70 bits per heavy atom. The Bertz CT molecular complexity index is 914. The Morgan fingerprint density at radius 3 is 2.26 bits per heavy atom. The quantitative estimate of drug-likeness (QED) is 0.620. The van der Waals surface area contributed by atoms with Crippen molar-refractivity contribution in [1.82, 2.24) is 14.7 Å². The van der Waals surface area contributed by atoms with Crippen molar-refractivity contribution >= 4 is 17.5 Å². The Hall–Kier alpha value is -2.79. The molecule has 0 fully saturated rings. The van der Waals surface area contributed by atoms with Gasteiger partial charge in [-0.15, -0.1) is 0 Å². The summed E-state index contributed by atoms with van der Waals surface area (Å²) in [5.41, 5.74) is 2.95. The fourth-order valence-electron chi connectivity index (χ4n) is 2.89. The number of methoxy groups -OCH3 is 1. The van der Waals surface area contributed by atoms with E-state index >= 15 is 0 Å². The van der Waals surface area contributed by atoms with Gasteiger partial charge < -0.3 is 9.64 Å². The van der Waals surface area contributed by atoms with Crippen LogP contribution in [-0.2, 0) is 0 Å². The van der Waals surface area contributed by atoms with Crippen LogP contribution in [0.4, 0.5) is 0 Å². The Morgan fingerprint density at radius 1 is 1.07 bits per heavy atom. The van der Waals surface area contributed by atoms with E-state index in [1.165, 1.54) is 0 Å². The lowest BCUT2D eigenvalue weighted by atomic mass is 10.1. The van der Waals surface area contributed by atoms with Gasteiger partial charge in [0.1, 0.15) is 11.4 Å². The average Bonchev–Trinajstić information content (AvgIpc) is 3.15. The number of rotatable bonds is 6. The van der Waals surface area contributed by atoms with E-state index in [0.29, 0.717) is 23.8 Å². The molecule has 0 saturated carbocycles. The smallest absolute Gasteiger partial charge is 0.272 e. The Labute approximate surface area is 164 Å². The van der Waals surface area contributed by atoms with Gasteiger partial charge in [-0.2, -0.15) is 5.10 Å². The van der Waals surface area contributed by atoms with Gasteiger partial charge in [0.05, 0.1) is 18.5 Å². The number of nitrogens with zero attached hydrogens (tertiary/aromatic N) is 3. The molecule has 0 unspecified atom stereocenters. The molecule has 0 spiro atoms. The number of benzene rings is 2. The van der Waals surface area contributed by atoms with Crippen LogP contribution in [0.5, 0.6) is 5.75 Å². The molecule has 3 aromatic rings. The average molecular weight is 384 g/mol. The van der Waals surface area contributed by atoms with Crippen molar-refractivity contribution in [2.75, 3.05) is 20.2 Å². The number of carbonyl (C=O) groups is 1. The van der Waals surface area contributed by atoms with E-state index in [0.717, 1.165) is 22.7 Å². The fraction of sp³-hybridized carbons (Fsp3) is 0.238. The first-order chi connectivity index (χ1) is 13.1. The van der Waals surface area contributed by atoms with Gasteiger partial charge in [-0.1, -0.05) is 11.6 Å². The second kappa shape index (κ2) is 8.27. The molecule has 2 aromatic carbocycles. The van der Waals surface area contributed by atoms with E-state index in [2.05, 4.69) is 0 Å². The lowest BCUT2D eigenvalue weighted by Gasteiger charge is -2.19. The molecule has 5 nitrogen and oxygen atoms in total. The van der Waals surface area contributed by atoms with Gasteiger partial charge in [-0.05, 0) is 68.4 Å². The van der Waals surface area contributed by atoms with Crippen LogP contribution < -0.4 is 4.74 Å². The molecule has 0 atom stereocenters. The summed E-state index contributed by atoms with van der Waals surface area (Å²) >= 11 is 6.01. The Balaban J connectivity index is 2.10. The van der Waals surface area contributed by atoms with Gasteiger partial charge in [0, 0.05) is 23.7 Å². The summed E-state index contributed by atoms with van der Waals surface area (Å²) in [5.74, 6) is 0.720. The maximum atomic E-state index is 13.0. The van der Waals surface area contributed by atoms with E-state index in [4.69, 9.17) is 21.4 Å². The third-order valence-electron chi connectivity index (χ3n) is 4.44. The molecule has 0 saturated heterocycles. The first-order valence-electron chi connectivity index (χ1n) is 8.87. The molecule has 0 aliphatic rings. The molecular weight excluding hydrogens is 362 g/mol. The zero-order valence-corrected chi connectivity index (χ0v) is 16.4. The first kappa shape index (κ1) is 19.0. The highest BCUT2D eigenvalue weighted by atomic mass is 35.5. The molecule has 1 aromatic heterocycles. The Kier molecular flexibility index (Phi) is 5.81. The number of ether oxygens (including phenoxy) is 1. The second-order valence-electron chi connectivity index (χ2n) is 6.01. The van der Waals surface area contributed by atoms with E-state index in [1.807, 2.05) is 56.3 Å². The van der Waals surface area contributed by atoms with Gasteiger partial charge in [0.2, 0.25) is 0 Å². The summed E-state index contributed by atoms with van der Waals surface area (Å²) in [6.45, 7) is 5.21. The highest BCUT2D eigenvalue weighted by molar-refractivity contribution is 6.30. The molecule has 0 aliphatic carbocycles. The van der Waals surface area contributed by atoms with Crippen molar-refractivity contribution < 1.29 is 9.53 Å². The molecule has 0 bridgehead atoms. The molecule has 0 aliphatic heterocycles. The van der Waals surface area contributed by atoms with E-state index in [-0.39, 0.29) is 5.91 Å². The lowest BCUT2D eigenvalue weighted by molar-refractivity contribution is 0.0764. The van der Waals surface area contributed by atoms with Gasteiger partial charge in [0.15, 0.2) is 0 Å². The minimum atomic E-state index is -0.0535. The number of hydrogen-bond donors (Lipinski definition) is 0. The number of halogens is 1. The molecule has 0 N–H and O–H groups in total. The van der Waals surface area contributed by atoms with E-state index in [9.17, 15) is 4.79 Å². The number of carbonyl (C=O) groups excluding carboxylic acids is 1. The monoisotopic (exact) mass is 383 g/mol. The largest absolute Gasteiger partial charge is 0.497 e. The highest BCUT2D eigenvalue weighted by Crippen LogP contribution is 2.25. The molecular formula is C21H22ClN3O2. The summed E-state index contributed by atoms with van der Waals surface area (Å²) < 4.78 is 6.89. The minimum Gasteiger partial charge on any atom is -0.497 e. The van der Waals surface area contributed by atoms with E-state index in [1.54, 1.807) is 28.8 Å². The maximum Gasteiger partial charge on any atom is 0.272 e. The van der Waals surface area contributed by atoms with Crippen LogP contribution in [0.25, 0.3) is 16.9 Å². The number of hydrogen-bond acceptors (Lipinski definition) is 3. The predicted octanol–water partition coefficient (Wildman–Crippen LogP) is 4.68. The van der Waals surface area contributed by atoms with Crippen molar-refractivity contribution in [3.05, 3.63) is 65.3 Å². The third-order valence-corrected chi connectivity index (χ3v) is 4.69. The van der Waals surface area contributed by atoms with Crippen LogP contribution >= 0.6 is 11.6 Å². The van der Waals surface area contributed by atoms with Gasteiger partial charge in [-0.25, -0.2) is 4.68 Å². The van der Waals surface area contributed by atoms with E-state index < -0.39 is 0 Å². The zero-order chi connectivity index (χ0) is 19.4. The topological polar surface area (TPSA) is 47.4 Å². The van der Waals surface area contributed by atoms with Gasteiger partial charge in [0.25, 0.3) is 5.91 Å². The van der Waals surface area contributed by atoms with Crippen molar-refractivity contribution in [2.24, 2.45) is 0 Å². The fourth-order valence-corrected chi connectivity index (χ4v) is 3.01. The van der Waals surface area contributed by atoms with Crippen molar-refractivity contribution in [1.29, 1.82) is 0 Å². The van der Waals surface area contributed by atoms with Crippen LogP contribution in [0, 0.1) is 0 Å². The van der Waals surface area contributed by atoms with Crippen LogP contribution in [0.1, 0.15) is 24.3 Å². The molecule has 0 radical (unpaired) electrons. The normalized spacial score (nSPS) is 10.7. The lowest BCUT2D eigenvalue weighted by Crippen LogP contribution is -2.32. The highest BCUT2D eigenvalue weighted by Gasteiger charge is 2.21. The van der Waals surface area contributed by atoms with Crippen LogP contribution in [0.3, 0.4) is 0 Å². The van der Waals surface area contributed by atoms with Crippen molar-refractivity contribution in [2.45, 2.75) is 13.8 Å². The molecule has 140 valence electrons. The summed E-state index contributed by atoms with van der Waals surface area (Å²) in [4.78, 5) is 14.8. The van der Waals surface area contributed by atoms with Crippen molar-refractivity contribution in [3.63, 3.8) is 0 Å². The first-order valence-corrected chi connectivity index (χ1v) is 9.24. The molecule has 3 rings (SSSR count). The second-order valence-corrected chi connectivity index (χ2v) is 6.45. The number of amides is 1. The molecule has 6 heteroatoms. The zero-order valence-electron chi connectivity index (χ0n) is 15.6. The SMILES string of the molecule is CCN(CC)C(=O)c1cc(-c2ccc(OC)cc2)nn1-c1ccc(Cl)cc1. The van der Waals surface area contributed by atoms with Crippen LogP contribution in [-0.4, -0.2) is 40.8 Å². The van der Waals surface area contributed by atoms with Gasteiger partial charge >= 0.3 is 0 Å².